The molecule has 12 aliphatic heterocycles. The number of ether oxygens (including phenoxy) is 10. The van der Waals surface area contributed by atoms with Gasteiger partial charge in [-0.15, -0.1) is 0 Å². The molecule has 0 aliphatic carbocycles. The van der Waals surface area contributed by atoms with Crippen molar-refractivity contribution in [2.24, 2.45) is 0 Å². The number of amides is 6. The van der Waals surface area contributed by atoms with Gasteiger partial charge in [0.05, 0.1) is 159 Å². The summed E-state index contributed by atoms with van der Waals surface area (Å²) in [5.74, 6) is 2.52. The van der Waals surface area contributed by atoms with Gasteiger partial charge in [-0.1, -0.05) is 0 Å². The normalized spacial score (nSPS) is 26.0. The van der Waals surface area contributed by atoms with Crippen LogP contribution in [0.3, 0.4) is 0 Å². The molecular weight excluding hydrogens is 1860 g/mol. The van der Waals surface area contributed by atoms with Crippen molar-refractivity contribution in [1.29, 1.82) is 31.6 Å². The van der Waals surface area contributed by atoms with E-state index in [0.717, 1.165) is 0 Å². The van der Waals surface area contributed by atoms with Crippen molar-refractivity contribution in [3.8, 4) is 70.9 Å². The molecule has 6 saturated heterocycles. The maximum Gasteiger partial charge on any atom is 0.475 e. The zero-order chi connectivity index (χ0) is 101. The molecule has 0 radical (unpaired) electrons. The van der Waals surface area contributed by atoms with Crippen molar-refractivity contribution in [2.75, 3.05) is 92.1 Å². The summed E-state index contributed by atoms with van der Waals surface area (Å²) >= 11 is 0. The van der Waals surface area contributed by atoms with Crippen LogP contribution in [0.15, 0.2) is 109 Å². The third-order valence-corrected chi connectivity index (χ3v) is 31.5. The number of fused-ring (bicyclic) bond motifs is 6. The second-order valence-electron chi connectivity index (χ2n) is 40.7. The first kappa shape index (κ1) is 101. The first-order valence-corrected chi connectivity index (χ1v) is 51.4. The van der Waals surface area contributed by atoms with Gasteiger partial charge in [0.25, 0.3) is 0 Å². The van der Waals surface area contributed by atoms with Crippen LogP contribution in [-0.2, 0) is 84.0 Å². The fourth-order valence-corrected chi connectivity index (χ4v) is 24.9. The Hall–Kier alpha value is -12.1. The fourth-order valence-electron chi connectivity index (χ4n) is 22.0. The van der Waals surface area contributed by atoms with Gasteiger partial charge in [-0.05, 0) is 231 Å². The van der Waals surface area contributed by atoms with Crippen LogP contribution in [-0.4, -0.2) is 227 Å². The Morgan fingerprint density at radius 2 is 0.430 bits per heavy atom. The Morgan fingerprint density at radius 1 is 0.268 bits per heavy atom. The number of carbonyl (C=O) groups is 6. The smallest absolute Gasteiger partial charge is 0.475 e. The molecule has 0 aromatic heterocycles. The number of phosphoric acid groups is 2. The maximum atomic E-state index is 15.5. The summed E-state index contributed by atoms with van der Waals surface area (Å²) in [6.45, 7) is 22.5. The molecule has 142 heavy (non-hydrogen) atoms. The standard InChI is InChI=1S/2C52H59N6O12P/c2*1-50(2)47(44(56-19-7-10-41(56)59)35-26-32(29-53)13-16-38(35)67-50)63-22-24-65-71(62,70-49-46(58-21-9-12-43(58)61)37-28-34(31-55)15-18-40(37)69-52(49,5)6)66-25-23-64-48-45(57-20-8-11-42(57)60)36-27-33(30-54)14-17-39(36)68-51(48,3)4/h2*13-18,26-28,44-49H,7-12,19-25H2,1-6H3/t2*44-,45-,46-,47+,48+,49+/m10/s1. The first-order chi connectivity index (χ1) is 67.7. The molecule has 6 aromatic rings. The van der Waals surface area contributed by atoms with Gasteiger partial charge in [0.1, 0.15) is 105 Å². The molecule has 0 N–H and O–H groups in total. The minimum absolute atomic E-state index is 0.0520. The van der Waals surface area contributed by atoms with Gasteiger partial charge in [-0.25, -0.2) is 9.13 Å². The van der Waals surface area contributed by atoms with Crippen LogP contribution in [0.4, 0.5) is 0 Å². The van der Waals surface area contributed by atoms with Gasteiger partial charge in [0.15, 0.2) is 0 Å². The van der Waals surface area contributed by atoms with E-state index >= 15 is 9.13 Å². The lowest BCUT2D eigenvalue weighted by molar-refractivity contribution is -0.152. The highest BCUT2D eigenvalue weighted by Crippen LogP contribution is 2.61. The van der Waals surface area contributed by atoms with Crippen molar-refractivity contribution in [3.63, 3.8) is 0 Å². The number of nitrogens with zero attached hydrogens (tertiary/aromatic N) is 12. The number of nitriles is 6. The number of likely N-dealkylation sites (tertiary alicyclic amines) is 6. The van der Waals surface area contributed by atoms with E-state index in [2.05, 4.69) is 36.4 Å². The molecule has 12 aliphatic rings. The van der Waals surface area contributed by atoms with Crippen molar-refractivity contribution in [1.82, 2.24) is 29.4 Å². The Kier molecular flexibility index (Phi) is 29.0. The molecule has 6 fully saturated rings. The lowest BCUT2D eigenvalue weighted by Gasteiger charge is -2.48. The number of carbonyl (C=O) groups excluding carboxylic acids is 6. The lowest BCUT2D eigenvalue weighted by Crippen LogP contribution is -2.55. The summed E-state index contributed by atoms with van der Waals surface area (Å²) in [6, 6.07) is 39.2. The summed E-state index contributed by atoms with van der Waals surface area (Å²) in [5, 5.41) is 59.1. The van der Waals surface area contributed by atoms with E-state index in [4.69, 9.17) is 74.5 Å². The van der Waals surface area contributed by atoms with Crippen molar-refractivity contribution in [3.05, 3.63) is 176 Å². The summed E-state index contributed by atoms with van der Waals surface area (Å²) < 4.78 is 134. The average molecular weight is 1980 g/mol. The molecule has 748 valence electrons. The Morgan fingerprint density at radius 3 is 0.585 bits per heavy atom. The maximum absolute atomic E-state index is 15.5. The zero-order valence-corrected chi connectivity index (χ0v) is 83.6. The summed E-state index contributed by atoms with van der Waals surface area (Å²) in [5.41, 5.74) is -0.589. The van der Waals surface area contributed by atoms with Gasteiger partial charge >= 0.3 is 15.6 Å². The van der Waals surface area contributed by atoms with Gasteiger partial charge in [0.2, 0.25) is 35.4 Å². The first-order valence-electron chi connectivity index (χ1n) is 48.5. The van der Waals surface area contributed by atoms with E-state index in [1.807, 2.05) is 55.4 Å². The van der Waals surface area contributed by atoms with E-state index < -0.39 is 122 Å². The monoisotopic (exact) mass is 1980 g/mol. The van der Waals surface area contributed by atoms with E-state index in [9.17, 15) is 60.3 Å². The van der Waals surface area contributed by atoms with Crippen LogP contribution < -0.4 is 28.4 Å². The van der Waals surface area contributed by atoms with E-state index in [0.29, 0.717) is 205 Å². The molecule has 0 spiro atoms. The molecule has 6 amide bonds. The molecular formula is C104H118N12O24P2. The fraction of sp³-hybridized carbons (Fsp3) is 0.538. The molecule has 0 saturated carbocycles. The predicted octanol–water partition coefficient (Wildman–Crippen LogP) is 15.0. The van der Waals surface area contributed by atoms with E-state index in [-0.39, 0.29) is 101 Å². The van der Waals surface area contributed by atoms with Crippen LogP contribution >= 0.6 is 15.6 Å². The van der Waals surface area contributed by atoms with Gasteiger partial charge < -0.3 is 76.8 Å². The molecule has 18 rings (SSSR count). The predicted molar refractivity (Wildman–Crippen MR) is 505 cm³/mol. The number of hydrogen-bond donors (Lipinski definition) is 0. The quantitative estimate of drug-likeness (QED) is 0.0298. The SMILES string of the molecule is CC1(C)Oc2ccc(C#N)cc2[C@@H](N2CCCC2=O)[C@@H]1OCCOP(=O)(OCCO[C@H]1[C@H](N2CCCC2=O)c2cc(C#N)ccc2OC1(C)C)O[C@H]1[C@H](N2CCCC2=O)c2cc(C#N)ccc2OC1(C)C.CC1(C)Oc2ccc(C#N)cc2[C@H](N2CCCC2=O)[C@H]1OCCOP(=O)(OCCO[C@@H]1[C@@H](N2CCCC2=O)c2cc(C#N)ccc2OC1(C)C)O[C@@H]1[C@@H](N2CCCC2=O)c2cc(C#N)ccc2OC1(C)C. The molecule has 0 bridgehead atoms. The van der Waals surface area contributed by atoms with Crippen LogP contribution in [0, 0.1) is 68.0 Å². The highest BCUT2D eigenvalue weighted by atomic mass is 31.2. The Balaban J connectivity index is 0.000000195. The van der Waals surface area contributed by atoms with Crippen LogP contribution in [0.2, 0.25) is 0 Å². The van der Waals surface area contributed by atoms with Crippen LogP contribution in [0.5, 0.6) is 34.5 Å². The van der Waals surface area contributed by atoms with Crippen LogP contribution in [0.25, 0.3) is 0 Å². The molecule has 38 heteroatoms. The number of hydrogen-bond acceptors (Lipinski definition) is 30. The highest BCUT2D eigenvalue weighted by Gasteiger charge is 2.59. The molecule has 12 heterocycles. The molecule has 0 unspecified atom stereocenters. The third-order valence-electron chi connectivity index (χ3n) is 28.5. The largest absolute Gasteiger partial charge is 0.485 e. The number of phosphoric ester groups is 2. The van der Waals surface area contributed by atoms with Crippen LogP contribution in [0.1, 0.15) is 263 Å². The molecule has 12 atom stereocenters. The lowest BCUT2D eigenvalue weighted by atomic mass is 9.84. The summed E-state index contributed by atoms with van der Waals surface area (Å²) in [7, 11) is -9.45. The zero-order valence-electron chi connectivity index (χ0n) is 81.8. The van der Waals surface area contributed by atoms with Crippen molar-refractivity contribution in [2.45, 2.75) is 267 Å². The van der Waals surface area contributed by atoms with E-state index in [1.165, 1.54) is 0 Å². The summed E-state index contributed by atoms with van der Waals surface area (Å²) in [4.78, 5) is 91.0. The molecule has 6 aromatic carbocycles. The third kappa shape index (κ3) is 20.4. The summed E-state index contributed by atoms with van der Waals surface area (Å²) in [6.07, 6.45) is 0.459. The highest BCUT2D eigenvalue weighted by molar-refractivity contribution is 7.48. The minimum Gasteiger partial charge on any atom is -0.485 e. The second kappa shape index (κ2) is 40.6. The van der Waals surface area contributed by atoms with Crippen molar-refractivity contribution < 1.29 is 112 Å². The van der Waals surface area contributed by atoms with Gasteiger partial charge in [0, 0.05) is 111 Å². The van der Waals surface area contributed by atoms with Gasteiger partial charge in [-0.3, -0.25) is 55.9 Å². The van der Waals surface area contributed by atoms with E-state index in [1.54, 1.807) is 166 Å². The van der Waals surface area contributed by atoms with Crippen molar-refractivity contribution >= 4 is 51.1 Å². The number of rotatable bonds is 30. The topological polar surface area (TPSA) is 446 Å². The second-order valence-corrected chi connectivity index (χ2v) is 43.9. The Bertz CT molecular complexity index is 5680. The molecule has 36 nitrogen and oxygen atoms in total. The van der Waals surface area contributed by atoms with Gasteiger partial charge in [-0.2, -0.15) is 31.6 Å². The number of benzene rings is 6. The Labute approximate surface area is 825 Å². The average Bonchev–Trinajstić information content (AvgIpc) is 1.17. The minimum atomic E-state index is -4.73.